The molecule has 0 amide bonds. The van der Waals surface area contributed by atoms with Crippen LogP contribution < -0.4 is 5.32 Å². The summed E-state index contributed by atoms with van der Waals surface area (Å²) in [4.78, 5) is 0. The Labute approximate surface area is 98.5 Å². The number of benzene rings is 1. The molecule has 0 aliphatic carbocycles. The van der Waals surface area contributed by atoms with Crippen molar-refractivity contribution in [3.8, 4) is 0 Å². The summed E-state index contributed by atoms with van der Waals surface area (Å²) >= 11 is 0. The van der Waals surface area contributed by atoms with Crippen LogP contribution in [0.1, 0.15) is 25.3 Å². The second-order valence-corrected chi connectivity index (χ2v) is 4.22. The van der Waals surface area contributed by atoms with Crippen LogP contribution in [0.15, 0.2) is 24.3 Å². The maximum atomic E-state index is 12.1. The maximum Gasteiger partial charge on any atom is 0.416 e. The van der Waals surface area contributed by atoms with Crippen LogP contribution in [0.5, 0.6) is 0 Å². The summed E-state index contributed by atoms with van der Waals surface area (Å²) in [5, 5.41) is 11.4. The zero-order valence-corrected chi connectivity index (χ0v) is 9.75. The highest BCUT2D eigenvalue weighted by Crippen LogP contribution is 2.22. The van der Waals surface area contributed by atoms with Crippen LogP contribution in [0.3, 0.4) is 0 Å². The van der Waals surface area contributed by atoms with E-state index in [1.165, 1.54) is 0 Å². The molecule has 0 aliphatic heterocycles. The van der Waals surface area contributed by atoms with Crippen LogP contribution in [-0.4, -0.2) is 23.9 Å². The molecule has 0 heterocycles. The predicted molar refractivity (Wildman–Crippen MR) is 61.1 cm³/mol. The lowest BCUT2D eigenvalue weighted by Crippen LogP contribution is -2.35. The molecule has 1 rings (SSSR count). The Kier molecular flexibility index (Phi) is 4.40. The van der Waals surface area contributed by atoms with Crippen molar-refractivity contribution in [1.29, 1.82) is 0 Å². The molecule has 0 saturated carbocycles. The standard InChI is InChI=1S/C12H16F3NO/c1-8(2)9-4-3-5-10(6-9)16-7-11(17)12(13,14)15/h3-6,8,11,16-17H,7H2,1-2H3. The van der Waals surface area contributed by atoms with Gasteiger partial charge in [-0.3, -0.25) is 0 Å². The SMILES string of the molecule is CC(C)c1cccc(NCC(O)C(F)(F)F)c1. The highest BCUT2D eigenvalue weighted by molar-refractivity contribution is 5.46. The van der Waals surface area contributed by atoms with Crippen LogP contribution in [0, 0.1) is 0 Å². The second kappa shape index (κ2) is 5.40. The first kappa shape index (κ1) is 13.8. The van der Waals surface area contributed by atoms with Gasteiger partial charge in [0.2, 0.25) is 0 Å². The van der Waals surface area contributed by atoms with Crippen molar-refractivity contribution in [3.63, 3.8) is 0 Å². The first-order valence-electron chi connectivity index (χ1n) is 5.39. The van der Waals surface area contributed by atoms with Crippen LogP contribution in [0.2, 0.25) is 0 Å². The molecular weight excluding hydrogens is 231 g/mol. The van der Waals surface area contributed by atoms with E-state index in [0.29, 0.717) is 11.6 Å². The quantitative estimate of drug-likeness (QED) is 0.856. The van der Waals surface area contributed by atoms with E-state index in [9.17, 15) is 13.2 Å². The van der Waals surface area contributed by atoms with E-state index in [0.717, 1.165) is 5.56 Å². The van der Waals surface area contributed by atoms with Crippen molar-refractivity contribution in [2.45, 2.75) is 32.0 Å². The van der Waals surface area contributed by atoms with Crippen molar-refractivity contribution in [3.05, 3.63) is 29.8 Å². The fourth-order valence-electron chi connectivity index (χ4n) is 1.34. The Balaban J connectivity index is 2.61. The third-order valence-corrected chi connectivity index (χ3v) is 2.43. The van der Waals surface area contributed by atoms with E-state index in [-0.39, 0.29) is 0 Å². The zero-order chi connectivity index (χ0) is 13.1. The van der Waals surface area contributed by atoms with Gasteiger partial charge in [-0.1, -0.05) is 26.0 Å². The van der Waals surface area contributed by atoms with Crippen LogP contribution in [-0.2, 0) is 0 Å². The van der Waals surface area contributed by atoms with Gasteiger partial charge in [-0.2, -0.15) is 13.2 Å². The lowest BCUT2D eigenvalue weighted by molar-refractivity contribution is -0.198. The highest BCUT2D eigenvalue weighted by atomic mass is 19.4. The Hall–Kier alpha value is -1.23. The number of aliphatic hydroxyl groups is 1. The van der Waals surface area contributed by atoms with E-state index < -0.39 is 18.8 Å². The zero-order valence-electron chi connectivity index (χ0n) is 9.75. The first-order chi connectivity index (χ1) is 7.80. The highest BCUT2D eigenvalue weighted by Gasteiger charge is 2.37. The fourth-order valence-corrected chi connectivity index (χ4v) is 1.34. The van der Waals surface area contributed by atoms with E-state index >= 15 is 0 Å². The average molecular weight is 247 g/mol. The Bertz CT molecular complexity index is 363. The Morgan fingerprint density at radius 3 is 2.47 bits per heavy atom. The van der Waals surface area contributed by atoms with E-state index in [1.54, 1.807) is 18.2 Å². The molecule has 0 aliphatic rings. The topological polar surface area (TPSA) is 32.3 Å². The van der Waals surface area contributed by atoms with E-state index in [1.807, 2.05) is 19.9 Å². The monoisotopic (exact) mass is 247 g/mol. The van der Waals surface area contributed by atoms with Gasteiger partial charge in [0.15, 0.2) is 6.10 Å². The van der Waals surface area contributed by atoms with Crippen LogP contribution in [0.25, 0.3) is 0 Å². The summed E-state index contributed by atoms with van der Waals surface area (Å²) in [5.41, 5.74) is 1.62. The fraction of sp³-hybridized carbons (Fsp3) is 0.500. The van der Waals surface area contributed by atoms with Crippen LogP contribution >= 0.6 is 0 Å². The molecule has 0 saturated heterocycles. The minimum absolute atomic E-state index is 0.310. The van der Waals surface area contributed by atoms with Crippen molar-refractivity contribution in [1.82, 2.24) is 0 Å². The molecule has 17 heavy (non-hydrogen) atoms. The predicted octanol–water partition coefficient (Wildman–Crippen LogP) is 3.15. The Morgan fingerprint density at radius 2 is 1.94 bits per heavy atom. The van der Waals surface area contributed by atoms with Gasteiger partial charge >= 0.3 is 6.18 Å². The summed E-state index contributed by atoms with van der Waals surface area (Å²) in [6, 6.07) is 7.15. The molecule has 1 aromatic rings. The molecule has 5 heteroatoms. The number of hydrogen-bond donors (Lipinski definition) is 2. The third-order valence-electron chi connectivity index (χ3n) is 2.43. The molecule has 0 aromatic heterocycles. The molecular formula is C12H16F3NO. The van der Waals surface area contributed by atoms with Gasteiger partial charge in [0, 0.05) is 12.2 Å². The number of anilines is 1. The van der Waals surface area contributed by atoms with Crippen LogP contribution in [0.4, 0.5) is 18.9 Å². The van der Waals surface area contributed by atoms with Crippen molar-refractivity contribution >= 4 is 5.69 Å². The minimum atomic E-state index is -4.58. The first-order valence-corrected chi connectivity index (χ1v) is 5.39. The number of nitrogens with one attached hydrogen (secondary N) is 1. The molecule has 2 N–H and O–H groups in total. The summed E-state index contributed by atoms with van der Waals surface area (Å²) in [6.45, 7) is 3.47. The van der Waals surface area contributed by atoms with Gasteiger partial charge in [-0.25, -0.2) is 0 Å². The molecule has 0 radical (unpaired) electrons. The molecule has 96 valence electrons. The number of halogens is 3. The summed E-state index contributed by atoms with van der Waals surface area (Å²) < 4.78 is 36.2. The minimum Gasteiger partial charge on any atom is -0.382 e. The van der Waals surface area contributed by atoms with Gasteiger partial charge < -0.3 is 10.4 Å². The molecule has 0 spiro atoms. The van der Waals surface area contributed by atoms with Gasteiger partial charge in [0.05, 0.1) is 0 Å². The van der Waals surface area contributed by atoms with E-state index in [4.69, 9.17) is 5.11 Å². The largest absolute Gasteiger partial charge is 0.416 e. The second-order valence-electron chi connectivity index (χ2n) is 4.22. The number of aliphatic hydroxyl groups excluding tert-OH is 1. The molecule has 0 fully saturated rings. The molecule has 2 nitrogen and oxygen atoms in total. The smallest absolute Gasteiger partial charge is 0.382 e. The molecule has 0 bridgehead atoms. The Morgan fingerprint density at radius 1 is 1.29 bits per heavy atom. The third kappa shape index (κ3) is 4.26. The molecule has 1 unspecified atom stereocenters. The molecule has 1 aromatic carbocycles. The normalized spacial score (nSPS) is 13.8. The summed E-state index contributed by atoms with van der Waals surface area (Å²) in [7, 11) is 0. The van der Waals surface area contributed by atoms with Gasteiger partial charge in [0.1, 0.15) is 0 Å². The maximum absolute atomic E-state index is 12.1. The van der Waals surface area contributed by atoms with Crippen molar-refractivity contribution in [2.24, 2.45) is 0 Å². The lowest BCUT2D eigenvalue weighted by Gasteiger charge is -2.16. The van der Waals surface area contributed by atoms with Crippen molar-refractivity contribution in [2.75, 3.05) is 11.9 Å². The number of rotatable bonds is 4. The van der Waals surface area contributed by atoms with Gasteiger partial charge in [-0.05, 0) is 23.6 Å². The summed E-state index contributed by atoms with van der Waals surface area (Å²) in [6.07, 6.45) is -6.92. The molecule has 1 atom stereocenters. The number of hydrogen-bond acceptors (Lipinski definition) is 2. The van der Waals surface area contributed by atoms with Gasteiger partial charge in [0.25, 0.3) is 0 Å². The average Bonchev–Trinajstić information content (AvgIpc) is 2.25. The lowest BCUT2D eigenvalue weighted by atomic mass is 10.0. The van der Waals surface area contributed by atoms with Crippen molar-refractivity contribution < 1.29 is 18.3 Å². The summed E-state index contributed by atoms with van der Waals surface area (Å²) in [5.74, 6) is 0.310. The van der Waals surface area contributed by atoms with Gasteiger partial charge in [-0.15, -0.1) is 0 Å². The van der Waals surface area contributed by atoms with E-state index in [2.05, 4.69) is 5.32 Å². The number of alkyl halides is 3.